The fraction of sp³-hybridized carbons (Fsp3) is 0.800. The van der Waals surface area contributed by atoms with Crippen molar-refractivity contribution in [1.29, 1.82) is 0 Å². The van der Waals surface area contributed by atoms with Crippen LogP contribution in [-0.4, -0.2) is 71.3 Å². The maximum absolute atomic E-state index is 13.2. The van der Waals surface area contributed by atoms with Gasteiger partial charge in [-0.3, -0.25) is 9.48 Å². The highest BCUT2D eigenvalue weighted by Gasteiger charge is 2.31. The summed E-state index contributed by atoms with van der Waals surface area (Å²) >= 11 is 0. The predicted molar refractivity (Wildman–Crippen MR) is 105 cm³/mol. The second-order valence-corrected chi connectivity index (χ2v) is 8.28. The monoisotopic (exact) mass is 361 g/mol. The molecule has 1 aromatic heterocycles. The first kappa shape index (κ1) is 19.4. The van der Waals surface area contributed by atoms with E-state index >= 15 is 0 Å². The molecule has 0 aromatic carbocycles. The third-order valence-electron chi connectivity index (χ3n) is 5.67. The molecule has 146 valence electrons. The molecule has 1 amide bonds. The smallest absolute Gasteiger partial charge is 0.274 e. The Hall–Kier alpha value is -1.40. The number of carbonyl (C=O) groups is 1. The second kappa shape index (κ2) is 8.53. The van der Waals surface area contributed by atoms with Crippen LogP contribution in [0, 0.1) is 5.92 Å². The lowest BCUT2D eigenvalue weighted by atomic mass is 9.90. The molecule has 1 fully saturated rings. The van der Waals surface area contributed by atoms with Crippen LogP contribution < -0.4 is 5.32 Å². The molecule has 0 saturated carbocycles. The summed E-state index contributed by atoms with van der Waals surface area (Å²) < 4.78 is 2.06. The van der Waals surface area contributed by atoms with Crippen LogP contribution >= 0.6 is 0 Å². The molecule has 1 aliphatic carbocycles. The quantitative estimate of drug-likeness (QED) is 0.869. The highest BCUT2D eigenvalue weighted by atomic mass is 16.2. The van der Waals surface area contributed by atoms with Gasteiger partial charge in [-0.25, -0.2) is 0 Å². The van der Waals surface area contributed by atoms with E-state index in [0.717, 1.165) is 65.0 Å². The zero-order valence-corrected chi connectivity index (χ0v) is 16.9. The standard InChI is InChI=1S/C20H35N5O/c1-5-25-18-8-7-16(21-14-15(2)3)13-17(18)19(22-25)20(26)24-10-6-9-23(4)11-12-24/h15-16,21H,5-14H2,1-4H3. The third kappa shape index (κ3) is 4.29. The largest absolute Gasteiger partial charge is 0.336 e. The first-order valence-electron chi connectivity index (χ1n) is 10.3. The van der Waals surface area contributed by atoms with Crippen LogP contribution in [-0.2, 0) is 19.4 Å². The fourth-order valence-corrected chi connectivity index (χ4v) is 4.10. The predicted octanol–water partition coefficient (Wildman–Crippen LogP) is 1.78. The Labute approximate surface area is 157 Å². The van der Waals surface area contributed by atoms with Crippen molar-refractivity contribution in [3.05, 3.63) is 17.0 Å². The maximum atomic E-state index is 13.2. The average molecular weight is 362 g/mol. The van der Waals surface area contributed by atoms with Crippen LogP contribution in [0.5, 0.6) is 0 Å². The summed E-state index contributed by atoms with van der Waals surface area (Å²) in [6, 6.07) is 0.459. The Morgan fingerprint density at radius 3 is 2.81 bits per heavy atom. The Balaban J connectivity index is 1.79. The van der Waals surface area contributed by atoms with E-state index in [-0.39, 0.29) is 5.91 Å². The first-order valence-corrected chi connectivity index (χ1v) is 10.3. The molecule has 6 heteroatoms. The number of aromatic nitrogens is 2. The number of amides is 1. The van der Waals surface area contributed by atoms with Gasteiger partial charge in [0, 0.05) is 43.5 Å². The molecular weight excluding hydrogens is 326 g/mol. The van der Waals surface area contributed by atoms with Gasteiger partial charge in [-0.05, 0) is 58.7 Å². The van der Waals surface area contributed by atoms with Crippen LogP contribution in [0.2, 0.25) is 0 Å². The average Bonchev–Trinajstić information content (AvgIpc) is 2.85. The van der Waals surface area contributed by atoms with E-state index in [2.05, 4.69) is 42.7 Å². The number of aryl methyl sites for hydroxylation is 1. The van der Waals surface area contributed by atoms with Gasteiger partial charge >= 0.3 is 0 Å². The summed E-state index contributed by atoms with van der Waals surface area (Å²) in [5, 5.41) is 8.43. The normalized spacial score (nSPS) is 21.7. The molecule has 3 rings (SSSR count). The summed E-state index contributed by atoms with van der Waals surface area (Å²) in [7, 11) is 2.13. The summed E-state index contributed by atoms with van der Waals surface area (Å²) in [5.41, 5.74) is 3.19. The second-order valence-electron chi connectivity index (χ2n) is 8.28. The molecule has 1 N–H and O–H groups in total. The summed E-state index contributed by atoms with van der Waals surface area (Å²) in [6.07, 6.45) is 4.11. The molecule has 2 heterocycles. The molecule has 1 aromatic rings. The van der Waals surface area contributed by atoms with E-state index in [0.29, 0.717) is 17.7 Å². The highest BCUT2D eigenvalue weighted by Crippen LogP contribution is 2.26. The molecule has 26 heavy (non-hydrogen) atoms. The van der Waals surface area contributed by atoms with Crippen molar-refractivity contribution in [2.45, 2.75) is 59.0 Å². The third-order valence-corrected chi connectivity index (χ3v) is 5.67. The molecular formula is C20H35N5O. The van der Waals surface area contributed by atoms with Crippen molar-refractivity contribution >= 4 is 5.91 Å². The van der Waals surface area contributed by atoms with E-state index in [1.807, 2.05) is 4.90 Å². The minimum atomic E-state index is 0.133. The van der Waals surface area contributed by atoms with Crippen LogP contribution in [0.1, 0.15) is 55.4 Å². The van der Waals surface area contributed by atoms with Gasteiger partial charge in [-0.15, -0.1) is 0 Å². The Kier molecular flexibility index (Phi) is 6.35. The number of hydrogen-bond acceptors (Lipinski definition) is 4. The molecule has 1 unspecified atom stereocenters. The molecule has 0 radical (unpaired) electrons. The zero-order valence-electron chi connectivity index (χ0n) is 16.9. The molecule has 0 bridgehead atoms. The lowest BCUT2D eigenvalue weighted by Gasteiger charge is -2.26. The van der Waals surface area contributed by atoms with Gasteiger partial charge < -0.3 is 15.1 Å². The Morgan fingerprint density at radius 2 is 2.08 bits per heavy atom. The number of carbonyl (C=O) groups excluding carboxylic acids is 1. The molecule has 1 aliphatic heterocycles. The van der Waals surface area contributed by atoms with Gasteiger partial charge in [-0.2, -0.15) is 5.10 Å². The number of rotatable bonds is 5. The van der Waals surface area contributed by atoms with E-state index in [9.17, 15) is 4.79 Å². The highest BCUT2D eigenvalue weighted by molar-refractivity contribution is 5.94. The van der Waals surface area contributed by atoms with Crippen LogP contribution in [0.25, 0.3) is 0 Å². The first-order chi connectivity index (χ1) is 12.5. The van der Waals surface area contributed by atoms with Crippen molar-refractivity contribution < 1.29 is 4.79 Å². The maximum Gasteiger partial charge on any atom is 0.274 e. The number of likely N-dealkylation sites (N-methyl/N-ethyl adjacent to an activating group) is 1. The number of fused-ring (bicyclic) bond motifs is 1. The summed E-state index contributed by atoms with van der Waals surface area (Å²) in [4.78, 5) is 17.6. The number of nitrogens with zero attached hydrogens (tertiary/aromatic N) is 4. The minimum absolute atomic E-state index is 0.133. The van der Waals surface area contributed by atoms with E-state index in [1.165, 1.54) is 11.3 Å². The number of hydrogen-bond donors (Lipinski definition) is 1. The number of nitrogens with one attached hydrogen (secondary N) is 1. The van der Waals surface area contributed by atoms with Gasteiger partial charge in [-0.1, -0.05) is 13.8 Å². The SMILES string of the molecule is CCn1nc(C(=O)N2CCCN(C)CC2)c2c1CCC(NCC(C)C)C2. The molecule has 0 spiro atoms. The van der Waals surface area contributed by atoms with Crippen molar-refractivity contribution in [2.75, 3.05) is 39.8 Å². The van der Waals surface area contributed by atoms with Crippen molar-refractivity contribution in [1.82, 2.24) is 24.9 Å². The zero-order chi connectivity index (χ0) is 18.7. The molecule has 1 saturated heterocycles. The lowest BCUT2D eigenvalue weighted by Crippen LogP contribution is -2.38. The van der Waals surface area contributed by atoms with E-state index < -0.39 is 0 Å². The summed E-state index contributed by atoms with van der Waals surface area (Å²) in [5.74, 6) is 0.776. The lowest BCUT2D eigenvalue weighted by molar-refractivity contribution is 0.0754. The fourth-order valence-electron chi connectivity index (χ4n) is 4.10. The van der Waals surface area contributed by atoms with Crippen molar-refractivity contribution in [2.24, 2.45) is 5.92 Å². The molecule has 6 nitrogen and oxygen atoms in total. The minimum Gasteiger partial charge on any atom is -0.336 e. The molecule has 2 aliphatic rings. The van der Waals surface area contributed by atoms with Crippen LogP contribution in [0.15, 0.2) is 0 Å². The topological polar surface area (TPSA) is 53.4 Å². The van der Waals surface area contributed by atoms with E-state index in [4.69, 9.17) is 5.10 Å². The Morgan fingerprint density at radius 1 is 1.27 bits per heavy atom. The van der Waals surface area contributed by atoms with Crippen molar-refractivity contribution in [3.8, 4) is 0 Å². The van der Waals surface area contributed by atoms with Crippen LogP contribution in [0.3, 0.4) is 0 Å². The van der Waals surface area contributed by atoms with Gasteiger partial charge in [0.1, 0.15) is 0 Å². The van der Waals surface area contributed by atoms with E-state index in [1.54, 1.807) is 0 Å². The van der Waals surface area contributed by atoms with Crippen molar-refractivity contribution in [3.63, 3.8) is 0 Å². The van der Waals surface area contributed by atoms with Gasteiger partial charge in [0.25, 0.3) is 5.91 Å². The van der Waals surface area contributed by atoms with Gasteiger partial charge in [0.15, 0.2) is 5.69 Å². The molecule has 1 atom stereocenters. The van der Waals surface area contributed by atoms with Gasteiger partial charge in [0.05, 0.1) is 0 Å². The van der Waals surface area contributed by atoms with Gasteiger partial charge in [0.2, 0.25) is 0 Å². The summed E-state index contributed by atoms with van der Waals surface area (Å²) in [6.45, 7) is 12.1. The van der Waals surface area contributed by atoms with Crippen LogP contribution in [0.4, 0.5) is 0 Å². The Bertz CT molecular complexity index is 624.